The monoisotopic (exact) mass is 268 g/mol. The van der Waals surface area contributed by atoms with Crippen LogP contribution in [0.15, 0.2) is 15.9 Å². The number of ether oxygens (including phenoxy) is 1. The maximum atomic E-state index is 11.9. The largest absolute Gasteiger partial charge is 0.394 e. The second-order valence-electron chi connectivity index (χ2n) is 4.35. The van der Waals surface area contributed by atoms with Crippen molar-refractivity contribution in [3.63, 3.8) is 0 Å². The maximum Gasteiger partial charge on any atom is 0.329 e. The van der Waals surface area contributed by atoms with E-state index in [0.717, 1.165) is 0 Å². The highest BCUT2D eigenvalue weighted by Gasteiger charge is 2.36. The van der Waals surface area contributed by atoms with Crippen molar-refractivity contribution in [2.24, 2.45) is 0 Å². The zero-order valence-corrected chi connectivity index (χ0v) is 9.74. The fourth-order valence-corrected chi connectivity index (χ4v) is 2.25. The van der Waals surface area contributed by atoms with Crippen LogP contribution in [0.1, 0.15) is 12.6 Å². The van der Waals surface area contributed by atoms with E-state index in [4.69, 9.17) is 9.84 Å². The van der Waals surface area contributed by atoms with Gasteiger partial charge in [-0.1, -0.05) is 0 Å². The Labute approximate surface area is 105 Å². The molecule has 2 aromatic heterocycles. The van der Waals surface area contributed by atoms with E-state index in [9.17, 15) is 14.7 Å². The zero-order chi connectivity index (χ0) is 13.6. The van der Waals surface area contributed by atoms with Crippen molar-refractivity contribution in [1.29, 1.82) is 0 Å². The number of aliphatic hydroxyl groups is 2. The van der Waals surface area contributed by atoms with Gasteiger partial charge in [0, 0.05) is 6.42 Å². The average molecular weight is 268 g/mol. The van der Waals surface area contributed by atoms with Crippen molar-refractivity contribution in [3.8, 4) is 0 Å². The molecule has 0 spiro atoms. The molecule has 1 aliphatic rings. The zero-order valence-electron chi connectivity index (χ0n) is 9.74. The van der Waals surface area contributed by atoms with Gasteiger partial charge in [0.15, 0.2) is 11.2 Å². The van der Waals surface area contributed by atoms with Crippen molar-refractivity contribution in [1.82, 2.24) is 19.5 Å². The number of rotatable bonds is 2. The molecule has 1 saturated heterocycles. The molecule has 0 aliphatic carbocycles. The summed E-state index contributed by atoms with van der Waals surface area (Å²) in [6.45, 7) is -0.344. The van der Waals surface area contributed by atoms with Crippen LogP contribution in [0.3, 0.4) is 0 Å². The second kappa shape index (κ2) is 4.30. The van der Waals surface area contributed by atoms with Crippen molar-refractivity contribution in [3.05, 3.63) is 27.2 Å². The van der Waals surface area contributed by atoms with E-state index >= 15 is 0 Å². The van der Waals surface area contributed by atoms with Gasteiger partial charge >= 0.3 is 5.69 Å². The number of nitrogens with zero attached hydrogens (tertiary/aromatic N) is 2. The first-order valence-corrected chi connectivity index (χ1v) is 5.74. The molecule has 3 rings (SSSR count). The van der Waals surface area contributed by atoms with Gasteiger partial charge < -0.3 is 19.9 Å². The predicted octanol–water partition coefficient (Wildman–Crippen LogP) is -1.95. The Morgan fingerprint density at radius 3 is 3.00 bits per heavy atom. The lowest BCUT2D eigenvalue weighted by atomic mass is 10.2. The summed E-state index contributed by atoms with van der Waals surface area (Å²) < 4.78 is 6.56. The van der Waals surface area contributed by atoms with Gasteiger partial charge in [-0.25, -0.2) is 14.3 Å². The van der Waals surface area contributed by atoms with Crippen LogP contribution in [0.2, 0.25) is 0 Å². The van der Waals surface area contributed by atoms with Gasteiger partial charge in [0.1, 0.15) is 12.3 Å². The first-order chi connectivity index (χ1) is 9.11. The third-order valence-electron chi connectivity index (χ3n) is 3.18. The number of H-pyrrole nitrogens is 2. The molecule has 102 valence electrons. The highest BCUT2D eigenvalue weighted by atomic mass is 16.5. The van der Waals surface area contributed by atoms with Gasteiger partial charge in [-0.15, -0.1) is 0 Å². The van der Waals surface area contributed by atoms with Crippen molar-refractivity contribution >= 4 is 11.2 Å². The molecule has 3 heterocycles. The molecule has 0 amide bonds. The summed E-state index contributed by atoms with van der Waals surface area (Å²) in [5, 5.41) is 18.7. The number of imidazole rings is 1. The summed E-state index contributed by atoms with van der Waals surface area (Å²) in [6.07, 6.45) is -1.05. The molecule has 1 unspecified atom stereocenters. The van der Waals surface area contributed by atoms with E-state index in [-0.39, 0.29) is 24.2 Å². The van der Waals surface area contributed by atoms with Crippen molar-refractivity contribution in [2.45, 2.75) is 24.9 Å². The van der Waals surface area contributed by atoms with Crippen LogP contribution >= 0.6 is 0 Å². The number of aromatic nitrogens is 4. The van der Waals surface area contributed by atoms with Crippen LogP contribution in [0.5, 0.6) is 0 Å². The van der Waals surface area contributed by atoms with E-state index in [0.29, 0.717) is 0 Å². The molecule has 19 heavy (non-hydrogen) atoms. The molecule has 2 aromatic rings. The Kier molecular flexibility index (Phi) is 2.73. The lowest BCUT2D eigenvalue weighted by molar-refractivity contribution is -0.0441. The summed E-state index contributed by atoms with van der Waals surface area (Å²) in [5.74, 6) is 0. The minimum Gasteiger partial charge on any atom is -0.394 e. The van der Waals surface area contributed by atoms with E-state index < -0.39 is 29.7 Å². The third-order valence-corrected chi connectivity index (χ3v) is 3.18. The Morgan fingerprint density at radius 2 is 2.32 bits per heavy atom. The van der Waals surface area contributed by atoms with Gasteiger partial charge in [-0.05, 0) is 0 Å². The van der Waals surface area contributed by atoms with Gasteiger partial charge in [0.25, 0.3) is 5.56 Å². The van der Waals surface area contributed by atoms with E-state index in [1.54, 1.807) is 0 Å². The molecule has 0 bridgehead atoms. The Hall–Kier alpha value is -1.97. The Morgan fingerprint density at radius 1 is 1.53 bits per heavy atom. The number of fused-ring (bicyclic) bond motifs is 1. The molecule has 9 heteroatoms. The van der Waals surface area contributed by atoms with Gasteiger partial charge in [-0.3, -0.25) is 9.78 Å². The van der Waals surface area contributed by atoms with E-state index in [2.05, 4.69) is 15.0 Å². The SMILES string of the molecule is O=c1[nH]cnc2c1[nH]c(=O)n2[C@H]1CC(O)[C@@H](CO)O1. The highest BCUT2D eigenvalue weighted by molar-refractivity contribution is 5.68. The second-order valence-corrected chi connectivity index (χ2v) is 4.35. The Balaban J connectivity index is 2.12. The standard InChI is InChI=1S/C10H12N4O5/c15-2-5-4(16)1-6(19-5)14-8-7(13-10(14)18)9(17)12-3-11-8/h3-6,15-16H,1-2H2,(H,13,18)(H,11,12,17)/t4?,5-,6-/m1/s1. The third kappa shape index (κ3) is 1.79. The molecule has 0 saturated carbocycles. The van der Waals surface area contributed by atoms with E-state index in [1.165, 1.54) is 10.9 Å². The molecule has 1 fully saturated rings. The van der Waals surface area contributed by atoms with Crippen LogP contribution in [0, 0.1) is 0 Å². The topological polar surface area (TPSA) is 133 Å². The van der Waals surface area contributed by atoms with Crippen LogP contribution in [-0.2, 0) is 4.74 Å². The van der Waals surface area contributed by atoms with E-state index in [1.807, 2.05) is 0 Å². The van der Waals surface area contributed by atoms with Crippen molar-refractivity contribution < 1.29 is 14.9 Å². The lowest BCUT2D eigenvalue weighted by Gasteiger charge is -2.12. The smallest absolute Gasteiger partial charge is 0.329 e. The summed E-state index contributed by atoms with van der Waals surface area (Å²) in [6, 6.07) is 0. The summed E-state index contributed by atoms with van der Waals surface area (Å²) in [5.41, 5.74) is -0.796. The number of nitrogens with one attached hydrogen (secondary N) is 2. The number of aliphatic hydroxyl groups excluding tert-OH is 2. The van der Waals surface area contributed by atoms with Crippen LogP contribution in [-0.4, -0.2) is 48.5 Å². The predicted molar refractivity (Wildman–Crippen MR) is 62.6 cm³/mol. The highest BCUT2D eigenvalue weighted by Crippen LogP contribution is 2.28. The average Bonchev–Trinajstić information content (AvgIpc) is 2.90. The summed E-state index contributed by atoms with van der Waals surface area (Å²) >= 11 is 0. The van der Waals surface area contributed by atoms with Gasteiger partial charge in [-0.2, -0.15) is 0 Å². The van der Waals surface area contributed by atoms with Crippen LogP contribution in [0.25, 0.3) is 11.2 Å². The Bertz CT molecular complexity index is 717. The number of hydrogen-bond donors (Lipinski definition) is 4. The molecule has 9 nitrogen and oxygen atoms in total. The molecular formula is C10H12N4O5. The molecule has 0 aromatic carbocycles. The molecule has 0 radical (unpaired) electrons. The fraction of sp³-hybridized carbons (Fsp3) is 0.500. The first-order valence-electron chi connectivity index (χ1n) is 5.74. The van der Waals surface area contributed by atoms with Crippen LogP contribution in [0.4, 0.5) is 0 Å². The molecular weight excluding hydrogens is 256 g/mol. The molecule has 1 aliphatic heterocycles. The summed E-state index contributed by atoms with van der Waals surface area (Å²) in [4.78, 5) is 32.1. The normalized spacial score (nSPS) is 27.2. The maximum absolute atomic E-state index is 11.9. The number of hydrogen-bond acceptors (Lipinski definition) is 6. The first kappa shape index (κ1) is 12.1. The molecule has 3 atom stereocenters. The van der Waals surface area contributed by atoms with Crippen molar-refractivity contribution in [2.75, 3.05) is 6.61 Å². The van der Waals surface area contributed by atoms with Gasteiger partial charge in [0.2, 0.25) is 0 Å². The summed E-state index contributed by atoms with van der Waals surface area (Å²) in [7, 11) is 0. The minimum atomic E-state index is -0.867. The molecule has 4 N–H and O–H groups in total. The number of aromatic amines is 2. The van der Waals surface area contributed by atoms with Crippen LogP contribution < -0.4 is 11.2 Å². The van der Waals surface area contributed by atoms with Gasteiger partial charge in [0.05, 0.1) is 19.0 Å². The fourth-order valence-electron chi connectivity index (χ4n) is 2.25. The quantitative estimate of drug-likeness (QED) is 0.500. The lowest BCUT2D eigenvalue weighted by Crippen LogP contribution is -2.25. The minimum absolute atomic E-state index is 0.0537.